The molecule has 0 aromatic heterocycles. The summed E-state index contributed by atoms with van der Waals surface area (Å²) in [5, 5.41) is 0. The molecule has 1 aliphatic carbocycles. The first-order valence-electron chi connectivity index (χ1n) is 10.2. The summed E-state index contributed by atoms with van der Waals surface area (Å²) in [6, 6.07) is 15.1. The minimum Gasteiger partial charge on any atom is -0.0893 e. The topological polar surface area (TPSA) is 6.02 Å². The van der Waals surface area contributed by atoms with Gasteiger partial charge >= 0.3 is 11.7 Å². The Labute approximate surface area is 162 Å². The van der Waals surface area contributed by atoms with E-state index in [1.54, 1.807) is 5.56 Å². The van der Waals surface area contributed by atoms with E-state index in [0.717, 1.165) is 0 Å². The first-order chi connectivity index (χ1) is 12.6. The maximum absolute atomic E-state index is 3.58. The molecule has 0 fully saturated rings. The van der Waals surface area contributed by atoms with Crippen LogP contribution >= 0.6 is 0 Å². The van der Waals surface area contributed by atoms with Crippen LogP contribution < -0.4 is 4.58 Å². The maximum atomic E-state index is 3.58. The predicted molar refractivity (Wildman–Crippen MR) is 113 cm³/mol. The van der Waals surface area contributed by atoms with Gasteiger partial charge in [0.15, 0.2) is 7.05 Å². The molecule has 2 nitrogen and oxygen atoms in total. The lowest BCUT2D eigenvalue weighted by atomic mass is 9.58. The zero-order chi connectivity index (χ0) is 19.4. The van der Waals surface area contributed by atoms with Gasteiger partial charge in [-0.2, -0.15) is 0 Å². The lowest BCUT2D eigenvalue weighted by molar-refractivity contribution is -0.394. The molecule has 0 N–H and O–H groups in total. The van der Waals surface area contributed by atoms with E-state index in [2.05, 4.69) is 94.1 Å². The normalized spacial score (nSPS) is 22.3. The van der Waals surface area contributed by atoms with Crippen LogP contribution in [0.3, 0.4) is 0 Å². The lowest BCUT2D eigenvalue weighted by Crippen LogP contribution is -2.39. The first-order valence-corrected chi connectivity index (χ1v) is 10.2. The van der Waals surface area contributed by atoms with Crippen molar-refractivity contribution in [1.82, 2.24) is 4.58 Å². The fourth-order valence-electron chi connectivity index (χ4n) is 5.67. The molecule has 138 valence electrons. The third-order valence-corrected chi connectivity index (χ3v) is 7.35. The van der Waals surface area contributed by atoms with Crippen LogP contribution in [0.15, 0.2) is 30.3 Å². The summed E-state index contributed by atoms with van der Waals surface area (Å²) >= 11 is 0. The summed E-state index contributed by atoms with van der Waals surface area (Å²) in [5.74, 6) is 0. The van der Waals surface area contributed by atoms with Gasteiger partial charge in [-0.1, -0.05) is 64.3 Å². The van der Waals surface area contributed by atoms with Crippen LogP contribution in [0.5, 0.6) is 0 Å². The van der Waals surface area contributed by atoms with Crippen LogP contribution in [0, 0.1) is 0 Å². The van der Waals surface area contributed by atoms with Crippen LogP contribution in [0.4, 0.5) is 17.1 Å². The largest absolute Gasteiger partial charge is 0.496 e. The number of nitrogens with zero attached hydrogens (tertiary/aromatic N) is 2. The van der Waals surface area contributed by atoms with Crippen molar-refractivity contribution in [3.63, 3.8) is 0 Å². The molecule has 2 heterocycles. The van der Waals surface area contributed by atoms with Crippen molar-refractivity contribution in [3.8, 4) is 0 Å². The van der Waals surface area contributed by atoms with Crippen molar-refractivity contribution in [1.29, 1.82) is 0 Å². The lowest BCUT2D eigenvalue weighted by Gasteiger charge is -2.45. The molecule has 27 heavy (non-hydrogen) atoms. The van der Waals surface area contributed by atoms with Gasteiger partial charge in [-0.05, 0) is 39.4 Å². The van der Waals surface area contributed by atoms with Gasteiger partial charge in [0.25, 0.3) is 5.69 Å². The van der Waals surface area contributed by atoms with Gasteiger partial charge in [0.05, 0.1) is 0 Å². The molecule has 0 atom stereocenters. The zero-order valence-corrected chi connectivity index (χ0v) is 17.7. The van der Waals surface area contributed by atoms with Crippen molar-refractivity contribution in [2.45, 2.75) is 70.6 Å². The molecule has 5 rings (SSSR count). The Balaban J connectivity index is 1.96. The number of benzene rings is 2. The fraction of sp³-hybridized carbons (Fsp3) is 0.480. The minimum atomic E-state index is -0.0277. The molecular weight excluding hydrogens is 328 g/mol. The van der Waals surface area contributed by atoms with Crippen molar-refractivity contribution < 1.29 is 4.58 Å². The van der Waals surface area contributed by atoms with E-state index in [-0.39, 0.29) is 16.2 Å². The zero-order valence-electron chi connectivity index (χ0n) is 17.7. The number of hydrogen-bond acceptors (Lipinski definition) is 0. The van der Waals surface area contributed by atoms with Crippen LogP contribution in [-0.4, -0.2) is 17.6 Å². The van der Waals surface area contributed by atoms with Crippen LogP contribution in [0.2, 0.25) is 0 Å². The quantitative estimate of drug-likeness (QED) is 0.512. The minimum absolute atomic E-state index is 0.0277. The average molecular weight is 359 g/mol. The molecule has 2 aromatic carbocycles. The highest BCUT2D eigenvalue weighted by Gasteiger charge is 2.52. The van der Waals surface area contributed by atoms with E-state index in [1.807, 2.05) is 0 Å². The first kappa shape index (κ1) is 17.0. The molecule has 3 aliphatic rings. The molecular formula is C25H30N2+2. The monoisotopic (exact) mass is 358 g/mol. The van der Waals surface area contributed by atoms with Crippen molar-refractivity contribution in [2.75, 3.05) is 7.05 Å². The number of fused-ring (bicyclic) bond motifs is 4. The van der Waals surface area contributed by atoms with Crippen molar-refractivity contribution >= 4 is 23.1 Å². The van der Waals surface area contributed by atoms with Crippen LogP contribution in [-0.2, 0) is 16.2 Å². The van der Waals surface area contributed by atoms with Crippen LogP contribution in [0.25, 0.3) is 0 Å². The SMILES string of the molecule is C[N+]1=C=[N+]2c3ccc4c(c3C(C)(C)c3cccc1c32)C(C)(C)CCC4(C)C. The molecule has 2 aliphatic heterocycles. The highest BCUT2D eigenvalue weighted by Crippen LogP contribution is 2.57. The molecule has 0 unspecified atom stereocenters. The Morgan fingerprint density at radius 3 is 2.22 bits per heavy atom. The van der Waals surface area contributed by atoms with E-state index >= 15 is 0 Å². The highest BCUT2D eigenvalue weighted by molar-refractivity contribution is 5.84. The van der Waals surface area contributed by atoms with Gasteiger partial charge in [-0.15, -0.1) is 0 Å². The summed E-state index contributed by atoms with van der Waals surface area (Å²) in [7, 11) is 2.10. The Bertz CT molecular complexity index is 1090. The smallest absolute Gasteiger partial charge is 0.0893 e. The van der Waals surface area contributed by atoms with E-state index in [4.69, 9.17) is 0 Å². The van der Waals surface area contributed by atoms with Gasteiger partial charge in [0.2, 0.25) is 5.69 Å². The molecule has 2 heteroatoms. The maximum Gasteiger partial charge on any atom is 0.496 e. The second kappa shape index (κ2) is 4.80. The van der Waals surface area contributed by atoms with Crippen molar-refractivity contribution in [2.24, 2.45) is 0 Å². The van der Waals surface area contributed by atoms with Gasteiger partial charge in [0, 0.05) is 28.7 Å². The third-order valence-electron chi connectivity index (χ3n) is 7.35. The number of para-hydroxylation sites is 1. The third kappa shape index (κ3) is 1.97. The van der Waals surface area contributed by atoms with Crippen LogP contribution in [0.1, 0.15) is 76.6 Å². The Morgan fingerprint density at radius 2 is 1.48 bits per heavy atom. The van der Waals surface area contributed by atoms with Gasteiger partial charge in [-0.3, -0.25) is 0 Å². The number of hydrogen-bond donors (Lipinski definition) is 0. The molecule has 0 radical (unpaired) electrons. The average Bonchev–Trinajstić information content (AvgIpc) is 2.94. The molecule has 0 bridgehead atoms. The summed E-state index contributed by atoms with van der Waals surface area (Å²) in [4.78, 5) is 0. The molecule has 2 aromatic rings. The summed E-state index contributed by atoms with van der Waals surface area (Å²) < 4.78 is 4.45. The van der Waals surface area contributed by atoms with E-state index in [9.17, 15) is 0 Å². The molecule has 0 saturated carbocycles. The second-order valence-electron chi connectivity index (χ2n) is 10.4. The molecule has 0 amide bonds. The summed E-state index contributed by atoms with van der Waals surface area (Å²) in [6.07, 6.45) is 2.48. The molecule has 0 spiro atoms. The predicted octanol–water partition coefficient (Wildman–Crippen LogP) is 5.97. The second-order valence-corrected chi connectivity index (χ2v) is 10.4. The van der Waals surface area contributed by atoms with E-state index in [0.29, 0.717) is 0 Å². The van der Waals surface area contributed by atoms with Crippen molar-refractivity contribution in [3.05, 3.63) is 52.6 Å². The molecule has 0 saturated heterocycles. The van der Waals surface area contributed by atoms with E-state index < -0.39 is 0 Å². The summed E-state index contributed by atoms with van der Waals surface area (Å²) in [5.41, 5.74) is 10.3. The van der Waals surface area contributed by atoms with Gasteiger partial charge < -0.3 is 0 Å². The highest BCUT2D eigenvalue weighted by atomic mass is 15.2. The Kier molecular flexibility index (Phi) is 3.02. The fourth-order valence-corrected chi connectivity index (χ4v) is 5.67. The summed E-state index contributed by atoms with van der Waals surface area (Å²) in [6.45, 7) is 14.5. The van der Waals surface area contributed by atoms with Gasteiger partial charge in [0.1, 0.15) is 0 Å². The number of rotatable bonds is 0. The standard InChI is InChI=1S/C25H30N2/c1-23(2)13-14-24(3,4)20-16(23)11-12-18-21(20)25(5,6)17-9-8-10-19-22(17)27(18)15-26(19)7/h8-12H,13-14H2,1-7H3/q+2. The Morgan fingerprint density at radius 1 is 0.778 bits per heavy atom. The van der Waals surface area contributed by atoms with E-state index in [1.165, 1.54) is 46.6 Å². The Hall–Kier alpha value is -2.18. The van der Waals surface area contributed by atoms with Gasteiger partial charge in [-0.25, -0.2) is 0 Å².